The quantitative estimate of drug-likeness (QED) is 0.731. The summed E-state index contributed by atoms with van der Waals surface area (Å²) < 4.78 is 4.98. The monoisotopic (exact) mass is 327 g/mol. The molecule has 2 atom stereocenters. The lowest BCUT2D eigenvalue weighted by atomic mass is 9.99. The third kappa shape index (κ3) is 5.80. The van der Waals surface area contributed by atoms with Crippen molar-refractivity contribution in [2.75, 3.05) is 13.1 Å². The maximum Gasteiger partial charge on any atom is 0.302 e. The van der Waals surface area contributed by atoms with E-state index >= 15 is 0 Å². The van der Waals surface area contributed by atoms with Gasteiger partial charge in [-0.25, -0.2) is 0 Å². The van der Waals surface area contributed by atoms with Crippen molar-refractivity contribution in [3.63, 3.8) is 0 Å². The average Bonchev–Trinajstić information content (AvgIpc) is 2.61. The van der Waals surface area contributed by atoms with Gasteiger partial charge >= 0.3 is 5.97 Å². The summed E-state index contributed by atoms with van der Waals surface area (Å²) in [6.45, 7) is 5.17. The van der Waals surface area contributed by atoms with Gasteiger partial charge in [-0.05, 0) is 22.6 Å². The molecule has 0 aromatic heterocycles. The van der Waals surface area contributed by atoms with Gasteiger partial charge in [-0.15, -0.1) is 0 Å². The lowest BCUT2D eigenvalue weighted by Crippen LogP contribution is -2.25. The van der Waals surface area contributed by atoms with Crippen LogP contribution in [0.3, 0.4) is 0 Å². The maximum absolute atomic E-state index is 10.8. The second-order valence-electron chi connectivity index (χ2n) is 6.01. The van der Waals surface area contributed by atoms with Crippen LogP contribution in [0.5, 0.6) is 0 Å². The molecule has 0 aliphatic carbocycles. The van der Waals surface area contributed by atoms with E-state index < -0.39 is 6.10 Å². The Morgan fingerprint density at radius 3 is 2.33 bits per heavy atom. The second kappa shape index (κ2) is 9.21. The minimum Gasteiger partial charge on any atom is -0.461 e. The highest BCUT2D eigenvalue weighted by atomic mass is 16.5. The SMILES string of the molecule is CC(=O)OCc1ccc(C(C)CNCC(O)c2ccccc2)cc1. The number of aliphatic hydroxyl groups excluding tert-OH is 1. The number of rotatable bonds is 8. The molecule has 2 rings (SSSR count). The van der Waals surface area contributed by atoms with Crippen molar-refractivity contribution in [2.45, 2.75) is 32.5 Å². The molecule has 2 N–H and O–H groups in total. The van der Waals surface area contributed by atoms with Gasteiger partial charge in [0, 0.05) is 20.0 Å². The van der Waals surface area contributed by atoms with Crippen LogP contribution in [0, 0.1) is 0 Å². The van der Waals surface area contributed by atoms with Crippen LogP contribution in [-0.4, -0.2) is 24.2 Å². The van der Waals surface area contributed by atoms with Crippen molar-refractivity contribution in [1.82, 2.24) is 5.32 Å². The second-order valence-corrected chi connectivity index (χ2v) is 6.01. The first-order valence-electron chi connectivity index (χ1n) is 8.22. The zero-order chi connectivity index (χ0) is 17.4. The molecule has 128 valence electrons. The van der Waals surface area contributed by atoms with Crippen LogP contribution >= 0.6 is 0 Å². The average molecular weight is 327 g/mol. The molecule has 0 saturated heterocycles. The number of aliphatic hydroxyl groups is 1. The van der Waals surface area contributed by atoms with E-state index in [4.69, 9.17) is 4.74 Å². The summed E-state index contributed by atoms with van der Waals surface area (Å²) in [4.78, 5) is 10.8. The molecule has 0 spiro atoms. The summed E-state index contributed by atoms with van der Waals surface area (Å²) in [5.74, 6) is 0.0596. The molecule has 2 aromatic rings. The zero-order valence-corrected chi connectivity index (χ0v) is 14.2. The summed E-state index contributed by atoms with van der Waals surface area (Å²) in [7, 11) is 0. The molecule has 0 fully saturated rings. The van der Waals surface area contributed by atoms with Crippen LogP contribution in [0.1, 0.15) is 42.6 Å². The number of esters is 1. The summed E-state index contributed by atoms with van der Waals surface area (Å²) >= 11 is 0. The lowest BCUT2D eigenvalue weighted by Gasteiger charge is -2.16. The van der Waals surface area contributed by atoms with Crippen LogP contribution in [0.25, 0.3) is 0 Å². The first-order chi connectivity index (χ1) is 11.6. The predicted octanol–water partition coefficient (Wildman–Crippen LogP) is 3.18. The highest BCUT2D eigenvalue weighted by Crippen LogP contribution is 2.16. The Bertz CT molecular complexity index is 625. The van der Waals surface area contributed by atoms with Crippen molar-refractivity contribution in [3.8, 4) is 0 Å². The van der Waals surface area contributed by atoms with E-state index in [1.54, 1.807) is 0 Å². The Labute approximate surface area is 143 Å². The van der Waals surface area contributed by atoms with Gasteiger partial charge in [0.05, 0.1) is 6.10 Å². The van der Waals surface area contributed by atoms with Crippen LogP contribution in [0.15, 0.2) is 54.6 Å². The molecule has 4 heteroatoms. The van der Waals surface area contributed by atoms with Crippen molar-refractivity contribution >= 4 is 5.97 Å². The topological polar surface area (TPSA) is 58.6 Å². The summed E-state index contributed by atoms with van der Waals surface area (Å²) in [5.41, 5.74) is 3.12. The van der Waals surface area contributed by atoms with E-state index in [1.807, 2.05) is 42.5 Å². The van der Waals surface area contributed by atoms with Crippen molar-refractivity contribution < 1.29 is 14.6 Å². The fourth-order valence-electron chi connectivity index (χ4n) is 2.47. The van der Waals surface area contributed by atoms with Crippen molar-refractivity contribution in [3.05, 3.63) is 71.3 Å². The minimum absolute atomic E-state index is 0.270. The van der Waals surface area contributed by atoms with Gasteiger partial charge in [0.25, 0.3) is 0 Å². The minimum atomic E-state index is -0.496. The highest BCUT2D eigenvalue weighted by Gasteiger charge is 2.09. The number of nitrogens with one attached hydrogen (secondary N) is 1. The van der Waals surface area contributed by atoms with Crippen molar-refractivity contribution in [1.29, 1.82) is 0 Å². The van der Waals surface area contributed by atoms with E-state index in [-0.39, 0.29) is 5.97 Å². The molecule has 2 aromatic carbocycles. The standard InChI is InChI=1S/C20H25NO3/c1-15(12-21-13-20(23)19-6-4-3-5-7-19)18-10-8-17(9-11-18)14-24-16(2)22/h3-11,15,20-21,23H,12-14H2,1-2H3. The normalized spacial score (nSPS) is 13.3. The summed E-state index contributed by atoms with van der Waals surface area (Å²) in [6, 6.07) is 17.7. The first kappa shape index (κ1) is 18.2. The number of carbonyl (C=O) groups is 1. The van der Waals surface area contributed by atoms with Gasteiger partial charge < -0.3 is 15.2 Å². The number of ether oxygens (including phenoxy) is 1. The molecule has 0 amide bonds. The van der Waals surface area contributed by atoms with Gasteiger partial charge in [-0.1, -0.05) is 61.5 Å². The molecule has 24 heavy (non-hydrogen) atoms. The van der Waals surface area contributed by atoms with Gasteiger partial charge in [0.2, 0.25) is 0 Å². The van der Waals surface area contributed by atoms with Gasteiger partial charge in [-0.2, -0.15) is 0 Å². The fraction of sp³-hybridized carbons (Fsp3) is 0.350. The smallest absolute Gasteiger partial charge is 0.302 e. The van der Waals surface area contributed by atoms with E-state index in [0.29, 0.717) is 19.1 Å². The van der Waals surface area contributed by atoms with Gasteiger partial charge in [0.1, 0.15) is 6.61 Å². The van der Waals surface area contributed by atoms with E-state index in [2.05, 4.69) is 24.4 Å². The molecule has 0 aliphatic rings. The summed E-state index contributed by atoms with van der Waals surface area (Å²) in [6.07, 6.45) is -0.496. The Kier molecular flexibility index (Phi) is 6.97. The van der Waals surface area contributed by atoms with E-state index in [0.717, 1.165) is 17.7 Å². The van der Waals surface area contributed by atoms with Crippen LogP contribution in [-0.2, 0) is 16.1 Å². The number of hydrogen-bond donors (Lipinski definition) is 2. The van der Waals surface area contributed by atoms with Gasteiger partial charge in [0.15, 0.2) is 0 Å². The molecular formula is C20H25NO3. The molecule has 0 aliphatic heterocycles. The van der Waals surface area contributed by atoms with Crippen molar-refractivity contribution in [2.24, 2.45) is 0 Å². The third-order valence-electron chi connectivity index (χ3n) is 3.96. The first-order valence-corrected chi connectivity index (χ1v) is 8.22. The van der Waals surface area contributed by atoms with Crippen LogP contribution < -0.4 is 5.32 Å². The maximum atomic E-state index is 10.8. The Balaban J connectivity index is 1.77. The Morgan fingerprint density at radius 2 is 1.71 bits per heavy atom. The largest absolute Gasteiger partial charge is 0.461 e. The highest BCUT2D eigenvalue weighted by molar-refractivity contribution is 5.65. The Hall–Kier alpha value is -2.17. The summed E-state index contributed by atoms with van der Waals surface area (Å²) in [5, 5.41) is 13.5. The molecule has 2 unspecified atom stereocenters. The lowest BCUT2D eigenvalue weighted by molar-refractivity contribution is -0.142. The predicted molar refractivity (Wildman–Crippen MR) is 94.6 cm³/mol. The third-order valence-corrected chi connectivity index (χ3v) is 3.96. The van der Waals surface area contributed by atoms with Crippen LogP contribution in [0.2, 0.25) is 0 Å². The van der Waals surface area contributed by atoms with Crippen LogP contribution in [0.4, 0.5) is 0 Å². The number of hydrogen-bond acceptors (Lipinski definition) is 4. The molecule has 0 bridgehead atoms. The molecule has 0 heterocycles. The molecule has 0 radical (unpaired) electrons. The molecule has 0 saturated carbocycles. The number of carbonyl (C=O) groups excluding carboxylic acids is 1. The number of benzene rings is 2. The fourth-order valence-corrected chi connectivity index (χ4v) is 2.47. The Morgan fingerprint density at radius 1 is 1.04 bits per heavy atom. The zero-order valence-electron chi connectivity index (χ0n) is 14.2. The molecule has 4 nitrogen and oxygen atoms in total. The van der Waals surface area contributed by atoms with E-state index in [9.17, 15) is 9.90 Å². The van der Waals surface area contributed by atoms with Gasteiger partial charge in [-0.3, -0.25) is 4.79 Å². The molecular weight excluding hydrogens is 302 g/mol. The van der Waals surface area contributed by atoms with E-state index in [1.165, 1.54) is 12.5 Å².